The summed E-state index contributed by atoms with van der Waals surface area (Å²) in [6.07, 6.45) is 3.54. The molecule has 16 heavy (non-hydrogen) atoms. The third-order valence-electron chi connectivity index (χ3n) is 2.58. The number of nitrogens with two attached hydrogens (primary N) is 1. The number of carbonyl (C=O) groups excluding carboxylic acids is 1. The Morgan fingerprint density at radius 2 is 1.94 bits per heavy atom. The van der Waals surface area contributed by atoms with E-state index in [2.05, 4.69) is 27.7 Å². The number of amides is 1. The molecule has 0 aliphatic rings. The molecule has 0 spiro atoms. The van der Waals surface area contributed by atoms with Crippen molar-refractivity contribution in [2.75, 3.05) is 13.6 Å². The van der Waals surface area contributed by atoms with Crippen molar-refractivity contribution in [3.05, 3.63) is 0 Å². The van der Waals surface area contributed by atoms with E-state index in [1.54, 1.807) is 4.90 Å². The van der Waals surface area contributed by atoms with Crippen LogP contribution in [-0.4, -0.2) is 30.4 Å². The summed E-state index contributed by atoms with van der Waals surface area (Å²) in [6.45, 7) is 9.43. The van der Waals surface area contributed by atoms with E-state index in [0.29, 0.717) is 6.42 Å². The first-order chi connectivity index (χ1) is 7.26. The van der Waals surface area contributed by atoms with Gasteiger partial charge in [0.05, 0.1) is 0 Å². The van der Waals surface area contributed by atoms with Crippen LogP contribution < -0.4 is 5.73 Å². The normalized spacial score (nSPS) is 13.6. The summed E-state index contributed by atoms with van der Waals surface area (Å²) in [6, 6.07) is -0.0171. The van der Waals surface area contributed by atoms with Gasteiger partial charge in [0.25, 0.3) is 0 Å². The van der Waals surface area contributed by atoms with Crippen molar-refractivity contribution in [3.63, 3.8) is 0 Å². The van der Waals surface area contributed by atoms with Crippen molar-refractivity contribution in [1.29, 1.82) is 0 Å². The Labute approximate surface area is 100 Å². The second kappa shape index (κ2) is 6.89. The quantitative estimate of drug-likeness (QED) is 0.759. The lowest BCUT2D eigenvalue weighted by Gasteiger charge is -2.24. The number of hydrogen-bond acceptors (Lipinski definition) is 2. The summed E-state index contributed by atoms with van der Waals surface area (Å²) in [5.41, 5.74) is 6.18. The minimum absolute atomic E-state index is 0.0171. The lowest BCUT2D eigenvalue weighted by atomic mass is 9.87. The number of unbranched alkanes of at least 4 members (excludes halogenated alkanes) is 1. The largest absolute Gasteiger partial charge is 0.346 e. The van der Waals surface area contributed by atoms with E-state index < -0.39 is 0 Å². The van der Waals surface area contributed by atoms with Crippen LogP contribution in [0.1, 0.15) is 53.4 Å². The average Bonchev–Trinajstić information content (AvgIpc) is 2.10. The zero-order valence-corrected chi connectivity index (χ0v) is 11.5. The predicted molar refractivity (Wildman–Crippen MR) is 69.2 cm³/mol. The van der Waals surface area contributed by atoms with Crippen LogP contribution >= 0.6 is 0 Å². The highest BCUT2D eigenvalue weighted by Gasteiger charge is 2.19. The lowest BCUT2D eigenvalue weighted by molar-refractivity contribution is -0.130. The van der Waals surface area contributed by atoms with Crippen molar-refractivity contribution in [1.82, 2.24) is 4.90 Å². The smallest absolute Gasteiger partial charge is 0.223 e. The van der Waals surface area contributed by atoms with Crippen molar-refractivity contribution in [2.45, 2.75) is 59.4 Å². The van der Waals surface area contributed by atoms with Gasteiger partial charge in [0.2, 0.25) is 5.91 Å². The number of carbonyl (C=O) groups is 1. The van der Waals surface area contributed by atoms with E-state index in [1.165, 1.54) is 0 Å². The maximum Gasteiger partial charge on any atom is 0.223 e. The summed E-state index contributed by atoms with van der Waals surface area (Å²) in [7, 11) is 1.86. The maximum absolute atomic E-state index is 11.8. The molecule has 0 aromatic rings. The van der Waals surface area contributed by atoms with E-state index >= 15 is 0 Å². The van der Waals surface area contributed by atoms with Crippen LogP contribution in [0.4, 0.5) is 0 Å². The fourth-order valence-electron chi connectivity index (χ4n) is 1.76. The maximum atomic E-state index is 11.8. The summed E-state index contributed by atoms with van der Waals surface area (Å²) in [5, 5.41) is 0. The lowest BCUT2D eigenvalue weighted by Crippen LogP contribution is -2.35. The molecule has 0 aromatic heterocycles. The molecule has 1 amide bonds. The molecule has 0 saturated carbocycles. The molecule has 0 radical (unpaired) electrons. The second-order valence-electron chi connectivity index (χ2n) is 5.90. The highest BCUT2D eigenvalue weighted by atomic mass is 16.2. The first-order valence-electron chi connectivity index (χ1n) is 6.26. The minimum Gasteiger partial charge on any atom is -0.346 e. The molecule has 96 valence electrons. The van der Waals surface area contributed by atoms with Crippen LogP contribution in [0.5, 0.6) is 0 Å². The molecule has 1 atom stereocenters. The van der Waals surface area contributed by atoms with E-state index in [9.17, 15) is 4.79 Å². The first-order valence-corrected chi connectivity index (χ1v) is 6.26. The van der Waals surface area contributed by atoms with Crippen LogP contribution in [0.15, 0.2) is 0 Å². The molecular weight excluding hydrogens is 200 g/mol. The molecule has 0 aromatic carbocycles. The van der Waals surface area contributed by atoms with Gasteiger partial charge < -0.3 is 10.6 Å². The van der Waals surface area contributed by atoms with E-state index in [0.717, 1.165) is 25.8 Å². The van der Waals surface area contributed by atoms with Crippen LogP contribution in [0.25, 0.3) is 0 Å². The van der Waals surface area contributed by atoms with Gasteiger partial charge in [-0.25, -0.2) is 0 Å². The third-order valence-corrected chi connectivity index (χ3v) is 2.58. The Balaban J connectivity index is 3.94. The van der Waals surface area contributed by atoms with E-state index in [4.69, 9.17) is 5.73 Å². The van der Waals surface area contributed by atoms with Gasteiger partial charge in [-0.05, 0) is 18.3 Å². The first kappa shape index (κ1) is 15.4. The highest BCUT2D eigenvalue weighted by Crippen LogP contribution is 2.21. The Kier molecular flexibility index (Phi) is 6.65. The number of nitrogens with zero attached hydrogens (tertiary/aromatic N) is 1. The molecule has 3 nitrogen and oxygen atoms in total. The molecule has 0 saturated heterocycles. The van der Waals surface area contributed by atoms with Crippen molar-refractivity contribution in [2.24, 2.45) is 11.1 Å². The molecule has 0 rings (SSSR count). The Bertz CT molecular complexity index is 208. The summed E-state index contributed by atoms with van der Waals surface area (Å²) >= 11 is 0. The average molecular weight is 228 g/mol. The van der Waals surface area contributed by atoms with Crippen LogP contribution in [0.2, 0.25) is 0 Å². The van der Waals surface area contributed by atoms with Crippen molar-refractivity contribution in [3.8, 4) is 0 Å². The molecule has 1 unspecified atom stereocenters. The minimum atomic E-state index is -0.0171. The number of hydrogen-bond donors (Lipinski definition) is 1. The zero-order chi connectivity index (χ0) is 12.8. The van der Waals surface area contributed by atoms with Gasteiger partial charge in [-0.15, -0.1) is 0 Å². The fraction of sp³-hybridized carbons (Fsp3) is 0.923. The van der Waals surface area contributed by atoms with Crippen molar-refractivity contribution < 1.29 is 4.79 Å². The zero-order valence-electron chi connectivity index (χ0n) is 11.5. The van der Waals surface area contributed by atoms with Gasteiger partial charge in [-0.1, -0.05) is 34.1 Å². The molecule has 2 N–H and O–H groups in total. The van der Waals surface area contributed by atoms with Gasteiger partial charge >= 0.3 is 0 Å². The van der Waals surface area contributed by atoms with E-state index in [-0.39, 0.29) is 17.4 Å². The molecule has 0 aliphatic carbocycles. The summed E-state index contributed by atoms with van der Waals surface area (Å²) in [5.74, 6) is 0.171. The summed E-state index contributed by atoms with van der Waals surface area (Å²) in [4.78, 5) is 13.6. The summed E-state index contributed by atoms with van der Waals surface area (Å²) < 4.78 is 0. The monoisotopic (exact) mass is 228 g/mol. The SMILES string of the molecule is CCCCN(C)C(=O)CC(N)CC(C)(C)C. The van der Waals surface area contributed by atoms with Gasteiger partial charge in [0.1, 0.15) is 0 Å². The molecule has 3 heteroatoms. The molecule has 0 bridgehead atoms. The van der Waals surface area contributed by atoms with E-state index in [1.807, 2.05) is 7.05 Å². The Morgan fingerprint density at radius 1 is 1.38 bits per heavy atom. The predicted octanol–water partition coefficient (Wildman–Crippen LogP) is 2.40. The van der Waals surface area contributed by atoms with Gasteiger partial charge in [0.15, 0.2) is 0 Å². The Hall–Kier alpha value is -0.570. The number of rotatable bonds is 6. The van der Waals surface area contributed by atoms with Crippen molar-refractivity contribution >= 4 is 5.91 Å². The fourth-order valence-corrected chi connectivity index (χ4v) is 1.76. The standard InChI is InChI=1S/C13H28N2O/c1-6-7-8-15(5)12(16)9-11(14)10-13(2,3)4/h11H,6-10,14H2,1-5H3. The Morgan fingerprint density at radius 3 is 2.38 bits per heavy atom. The molecular formula is C13H28N2O. The van der Waals surface area contributed by atoms with Crippen LogP contribution in [0, 0.1) is 5.41 Å². The third kappa shape index (κ3) is 7.69. The highest BCUT2D eigenvalue weighted by molar-refractivity contribution is 5.76. The van der Waals surface area contributed by atoms with Gasteiger partial charge in [-0.3, -0.25) is 4.79 Å². The van der Waals surface area contributed by atoms with Gasteiger partial charge in [0, 0.05) is 26.1 Å². The van der Waals surface area contributed by atoms with Crippen LogP contribution in [0.3, 0.4) is 0 Å². The second-order valence-corrected chi connectivity index (χ2v) is 5.90. The molecule has 0 aliphatic heterocycles. The molecule has 0 heterocycles. The molecule has 0 fully saturated rings. The topological polar surface area (TPSA) is 46.3 Å². The van der Waals surface area contributed by atoms with Crippen LogP contribution in [-0.2, 0) is 4.79 Å². The van der Waals surface area contributed by atoms with Gasteiger partial charge in [-0.2, -0.15) is 0 Å².